The summed E-state index contributed by atoms with van der Waals surface area (Å²) in [6.45, 7) is 1.73. The summed E-state index contributed by atoms with van der Waals surface area (Å²) in [5, 5.41) is 6.53. The predicted molar refractivity (Wildman–Crippen MR) is 69.2 cm³/mol. The molecular weight excluding hydrogens is 244 g/mol. The lowest BCUT2D eigenvalue weighted by atomic mass is 10.1. The molecule has 2 aromatic rings. The number of carbonyl (C=O) groups is 1. The van der Waals surface area contributed by atoms with E-state index in [9.17, 15) is 4.79 Å². The molecule has 100 valence electrons. The summed E-state index contributed by atoms with van der Waals surface area (Å²) in [4.78, 5) is 15.4. The summed E-state index contributed by atoms with van der Waals surface area (Å²) in [5.74, 6) is 0.727. The number of nitrogens with one attached hydrogen (secondary N) is 1. The minimum atomic E-state index is -0.315. The zero-order chi connectivity index (χ0) is 13.7. The van der Waals surface area contributed by atoms with Crippen molar-refractivity contribution < 1.29 is 9.32 Å². The molecule has 6 heteroatoms. The first kappa shape index (κ1) is 13.2. The van der Waals surface area contributed by atoms with Gasteiger partial charge in [0.15, 0.2) is 5.82 Å². The van der Waals surface area contributed by atoms with Gasteiger partial charge in [-0.25, -0.2) is 0 Å². The second-order valence-corrected chi connectivity index (χ2v) is 4.20. The predicted octanol–water partition coefficient (Wildman–Crippen LogP) is 0.796. The Morgan fingerprint density at radius 1 is 1.42 bits per heavy atom. The van der Waals surface area contributed by atoms with Gasteiger partial charge < -0.3 is 15.6 Å². The van der Waals surface area contributed by atoms with Crippen molar-refractivity contribution in [3.63, 3.8) is 0 Å². The van der Waals surface area contributed by atoms with Crippen LogP contribution in [0.3, 0.4) is 0 Å². The molecule has 2 rings (SSSR count). The van der Waals surface area contributed by atoms with Crippen molar-refractivity contribution in [1.29, 1.82) is 0 Å². The number of aromatic nitrogens is 2. The van der Waals surface area contributed by atoms with Crippen LogP contribution in [0.1, 0.15) is 30.2 Å². The van der Waals surface area contributed by atoms with Gasteiger partial charge in [0.25, 0.3) is 0 Å². The normalized spacial score (nSPS) is 12.1. The minimum Gasteiger partial charge on any atom is -0.345 e. The Labute approximate surface area is 111 Å². The van der Waals surface area contributed by atoms with Crippen LogP contribution in [0, 0.1) is 0 Å². The SMILES string of the molecule is CC(NC(=O)CN)c1noc(Cc2ccccc2)n1. The quantitative estimate of drug-likeness (QED) is 0.829. The third-order valence-corrected chi connectivity index (χ3v) is 2.63. The van der Waals surface area contributed by atoms with E-state index in [1.807, 2.05) is 30.3 Å². The highest BCUT2D eigenvalue weighted by Gasteiger charge is 2.15. The van der Waals surface area contributed by atoms with Crippen LogP contribution in [0.4, 0.5) is 0 Å². The molecule has 6 nitrogen and oxygen atoms in total. The third kappa shape index (κ3) is 3.62. The maximum atomic E-state index is 11.2. The minimum absolute atomic E-state index is 0.0565. The van der Waals surface area contributed by atoms with E-state index >= 15 is 0 Å². The van der Waals surface area contributed by atoms with Gasteiger partial charge in [0.05, 0.1) is 19.0 Å². The number of rotatable bonds is 5. The van der Waals surface area contributed by atoms with Crippen LogP contribution in [0.5, 0.6) is 0 Å². The van der Waals surface area contributed by atoms with Crippen molar-refractivity contribution in [2.45, 2.75) is 19.4 Å². The van der Waals surface area contributed by atoms with Crippen LogP contribution in [0.15, 0.2) is 34.9 Å². The van der Waals surface area contributed by atoms with Crippen molar-refractivity contribution in [3.8, 4) is 0 Å². The highest BCUT2D eigenvalue weighted by atomic mass is 16.5. The van der Waals surface area contributed by atoms with Gasteiger partial charge in [0.2, 0.25) is 11.8 Å². The van der Waals surface area contributed by atoms with E-state index < -0.39 is 0 Å². The molecule has 0 bridgehead atoms. The Morgan fingerprint density at radius 3 is 2.84 bits per heavy atom. The molecule has 3 N–H and O–H groups in total. The molecule has 1 heterocycles. The van der Waals surface area contributed by atoms with Crippen molar-refractivity contribution in [2.24, 2.45) is 5.73 Å². The fourth-order valence-electron chi connectivity index (χ4n) is 1.65. The lowest BCUT2D eigenvalue weighted by Crippen LogP contribution is -2.32. The number of benzene rings is 1. The Balaban J connectivity index is 2.01. The van der Waals surface area contributed by atoms with E-state index in [0.717, 1.165) is 5.56 Å². The van der Waals surface area contributed by atoms with Gasteiger partial charge in [0, 0.05) is 0 Å². The lowest BCUT2D eigenvalue weighted by Gasteiger charge is -2.07. The van der Waals surface area contributed by atoms with Gasteiger partial charge in [0.1, 0.15) is 0 Å². The number of amides is 1. The van der Waals surface area contributed by atoms with Gasteiger partial charge >= 0.3 is 0 Å². The van der Waals surface area contributed by atoms with Crippen LogP contribution in [-0.4, -0.2) is 22.6 Å². The van der Waals surface area contributed by atoms with Crippen LogP contribution in [0.2, 0.25) is 0 Å². The van der Waals surface area contributed by atoms with Crippen LogP contribution < -0.4 is 11.1 Å². The summed E-state index contributed by atoms with van der Waals surface area (Å²) in [6.07, 6.45) is 0.575. The van der Waals surface area contributed by atoms with Gasteiger partial charge in [-0.3, -0.25) is 4.79 Å². The summed E-state index contributed by atoms with van der Waals surface area (Å²) in [5.41, 5.74) is 6.32. The first-order valence-corrected chi connectivity index (χ1v) is 6.05. The molecule has 0 spiro atoms. The zero-order valence-corrected chi connectivity index (χ0v) is 10.7. The first-order chi connectivity index (χ1) is 9.19. The van der Waals surface area contributed by atoms with E-state index in [0.29, 0.717) is 18.1 Å². The maximum absolute atomic E-state index is 11.2. The highest BCUT2D eigenvalue weighted by molar-refractivity contribution is 5.78. The third-order valence-electron chi connectivity index (χ3n) is 2.63. The van der Waals surface area contributed by atoms with Gasteiger partial charge in [-0.15, -0.1) is 0 Å². The van der Waals surface area contributed by atoms with Crippen molar-refractivity contribution in [3.05, 3.63) is 47.6 Å². The smallest absolute Gasteiger partial charge is 0.234 e. The number of nitrogens with zero attached hydrogens (tertiary/aromatic N) is 2. The van der Waals surface area contributed by atoms with Crippen molar-refractivity contribution in [1.82, 2.24) is 15.5 Å². The Hall–Kier alpha value is -2.21. The van der Waals surface area contributed by atoms with Crippen LogP contribution in [0.25, 0.3) is 0 Å². The second-order valence-electron chi connectivity index (χ2n) is 4.20. The lowest BCUT2D eigenvalue weighted by molar-refractivity contribution is -0.120. The monoisotopic (exact) mass is 260 g/mol. The van der Waals surface area contributed by atoms with Gasteiger partial charge in [-0.1, -0.05) is 35.5 Å². The molecule has 0 aliphatic rings. The van der Waals surface area contributed by atoms with Crippen molar-refractivity contribution >= 4 is 5.91 Å². The number of hydrogen-bond donors (Lipinski definition) is 2. The maximum Gasteiger partial charge on any atom is 0.234 e. The highest BCUT2D eigenvalue weighted by Crippen LogP contribution is 2.11. The standard InChI is InChI=1S/C13H16N4O2/c1-9(15-11(18)8-14)13-16-12(19-17-13)7-10-5-3-2-4-6-10/h2-6,9H,7-8,14H2,1H3,(H,15,18). The molecule has 1 aromatic carbocycles. The molecule has 1 amide bonds. The molecule has 0 saturated carbocycles. The topological polar surface area (TPSA) is 94.0 Å². The van der Waals surface area contributed by atoms with Crippen LogP contribution in [-0.2, 0) is 11.2 Å². The Kier molecular flexibility index (Phi) is 4.25. The summed E-state index contributed by atoms with van der Waals surface area (Å²) in [6, 6.07) is 9.53. The summed E-state index contributed by atoms with van der Waals surface area (Å²) in [7, 11) is 0. The van der Waals surface area contributed by atoms with E-state index in [1.54, 1.807) is 6.92 Å². The largest absolute Gasteiger partial charge is 0.345 e. The molecule has 0 fully saturated rings. The molecule has 0 aliphatic carbocycles. The van der Waals surface area contributed by atoms with Gasteiger partial charge in [-0.2, -0.15) is 4.98 Å². The molecule has 19 heavy (non-hydrogen) atoms. The average molecular weight is 260 g/mol. The van der Waals surface area contributed by atoms with E-state index in [2.05, 4.69) is 15.5 Å². The molecule has 1 unspecified atom stereocenters. The molecule has 0 aliphatic heterocycles. The molecule has 0 saturated heterocycles. The zero-order valence-electron chi connectivity index (χ0n) is 10.7. The number of nitrogens with two attached hydrogens (primary N) is 1. The Bertz CT molecular complexity index is 539. The number of hydrogen-bond acceptors (Lipinski definition) is 5. The average Bonchev–Trinajstić information content (AvgIpc) is 2.88. The summed E-state index contributed by atoms with van der Waals surface area (Å²) >= 11 is 0. The second kappa shape index (κ2) is 6.10. The van der Waals surface area contributed by atoms with Gasteiger partial charge in [-0.05, 0) is 12.5 Å². The molecule has 0 radical (unpaired) electrons. The van der Waals surface area contributed by atoms with Crippen molar-refractivity contribution in [2.75, 3.05) is 6.54 Å². The van der Waals surface area contributed by atoms with E-state index in [1.165, 1.54) is 0 Å². The fourth-order valence-corrected chi connectivity index (χ4v) is 1.65. The van der Waals surface area contributed by atoms with E-state index in [-0.39, 0.29) is 18.5 Å². The molecule has 1 aromatic heterocycles. The first-order valence-electron chi connectivity index (χ1n) is 6.05. The van der Waals surface area contributed by atoms with E-state index in [4.69, 9.17) is 10.3 Å². The summed E-state index contributed by atoms with van der Waals surface area (Å²) < 4.78 is 5.16. The number of carbonyl (C=O) groups excluding carboxylic acids is 1. The molecule has 1 atom stereocenters. The molecular formula is C13H16N4O2. The Morgan fingerprint density at radius 2 is 2.16 bits per heavy atom. The van der Waals surface area contributed by atoms with Crippen LogP contribution >= 0.6 is 0 Å². The fraction of sp³-hybridized carbons (Fsp3) is 0.308.